The Morgan fingerprint density at radius 1 is 1.60 bits per heavy atom. The molecule has 2 heterocycles. The molecule has 1 aliphatic rings. The minimum absolute atomic E-state index is 0.848. The van der Waals surface area contributed by atoms with Gasteiger partial charge >= 0.3 is 0 Å². The zero-order valence-corrected chi connectivity index (χ0v) is 8.31. The van der Waals surface area contributed by atoms with Crippen LogP contribution in [0.25, 0.3) is 0 Å². The molecule has 0 atom stereocenters. The Balaban J connectivity index is 2.41. The van der Waals surface area contributed by atoms with E-state index in [2.05, 4.69) is 15.9 Å². The van der Waals surface area contributed by atoms with Crippen LogP contribution < -0.4 is 4.74 Å². The molecule has 0 unspecified atom stereocenters. The summed E-state index contributed by atoms with van der Waals surface area (Å²) in [6.07, 6.45) is 0. The zero-order valence-electron chi connectivity index (χ0n) is 5.09. The highest BCUT2D eigenvalue weighted by Gasteiger charge is 2.13. The van der Waals surface area contributed by atoms with E-state index in [4.69, 9.17) is 4.74 Å². The number of ether oxygens (including phenoxy) is 1. The number of thioether (sulfide) groups is 1. The number of hydrogen-bond acceptors (Lipinski definition) is 3. The van der Waals surface area contributed by atoms with Crippen LogP contribution in [0.15, 0.2) is 14.1 Å². The highest BCUT2D eigenvalue weighted by molar-refractivity contribution is 9.11. The topological polar surface area (TPSA) is 9.23 Å². The third-order valence-corrected chi connectivity index (χ3v) is 4.06. The number of hydrogen-bond donors (Lipinski definition) is 0. The first-order valence-corrected chi connectivity index (χ1v) is 5.51. The number of halogens is 1. The minimum atomic E-state index is 0.848. The van der Waals surface area contributed by atoms with Gasteiger partial charge in [-0.25, -0.2) is 0 Å². The fourth-order valence-electron chi connectivity index (χ4n) is 0.817. The zero-order chi connectivity index (χ0) is 6.97. The summed E-state index contributed by atoms with van der Waals surface area (Å²) in [6, 6.07) is 2.03. The fourth-order valence-corrected chi connectivity index (χ4v) is 3.76. The van der Waals surface area contributed by atoms with Gasteiger partial charge in [-0.1, -0.05) is 0 Å². The van der Waals surface area contributed by atoms with E-state index in [1.54, 1.807) is 11.3 Å². The molecule has 0 amide bonds. The SMILES string of the molecule is Brc1cc2c(s1)SCCO2. The van der Waals surface area contributed by atoms with E-state index < -0.39 is 0 Å². The maximum absolute atomic E-state index is 5.40. The van der Waals surface area contributed by atoms with Crippen molar-refractivity contribution in [3.63, 3.8) is 0 Å². The predicted molar refractivity (Wildman–Crippen MR) is 48.2 cm³/mol. The second-order valence-corrected chi connectivity index (χ2v) is 5.69. The third kappa shape index (κ3) is 1.20. The van der Waals surface area contributed by atoms with Crippen molar-refractivity contribution < 1.29 is 4.74 Å². The van der Waals surface area contributed by atoms with Crippen molar-refractivity contribution in [3.05, 3.63) is 9.85 Å². The van der Waals surface area contributed by atoms with Crippen molar-refractivity contribution in [1.29, 1.82) is 0 Å². The summed E-state index contributed by atoms with van der Waals surface area (Å²) < 4.78 is 7.87. The molecule has 0 fully saturated rings. The molecule has 1 nitrogen and oxygen atoms in total. The van der Waals surface area contributed by atoms with Gasteiger partial charge in [-0.2, -0.15) is 0 Å². The molecule has 0 saturated heterocycles. The van der Waals surface area contributed by atoms with E-state index in [-0.39, 0.29) is 0 Å². The van der Waals surface area contributed by atoms with E-state index in [0.717, 1.165) is 21.9 Å². The first-order chi connectivity index (χ1) is 4.86. The van der Waals surface area contributed by atoms with Crippen LogP contribution in [0.3, 0.4) is 0 Å². The number of thiophene rings is 1. The van der Waals surface area contributed by atoms with Gasteiger partial charge in [-0.05, 0) is 15.9 Å². The summed E-state index contributed by atoms with van der Waals surface area (Å²) in [5.74, 6) is 2.13. The van der Waals surface area contributed by atoms with Gasteiger partial charge in [0.25, 0.3) is 0 Å². The molecule has 54 valence electrons. The minimum Gasteiger partial charge on any atom is -0.491 e. The Labute approximate surface area is 75.9 Å². The Morgan fingerprint density at radius 3 is 3.30 bits per heavy atom. The van der Waals surface area contributed by atoms with Crippen LogP contribution in [0.2, 0.25) is 0 Å². The number of fused-ring (bicyclic) bond motifs is 1. The van der Waals surface area contributed by atoms with Gasteiger partial charge in [0.2, 0.25) is 0 Å². The molecule has 0 N–H and O–H groups in total. The van der Waals surface area contributed by atoms with Crippen molar-refractivity contribution in [2.75, 3.05) is 12.4 Å². The Hall–Kier alpha value is 0.330. The molecule has 0 bridgehead atoms. The van der Waals surface area contributed by atoms with E-state index in [1.807, 2.05) is 17.8 Å². The van der Waals surface area contributed by atoms with Gasteiger partial charge in [0.15, 0.2) is 0 Å². The van der Waals surface area contributed by atoms with Crippen LogP contribution in [0, 0.1) is 0 Å². The van der Waals surface area contributed by atoms with Crippen molar-refractivity contribution in [2.45, 2.75) is 4.21 Å². The summed E-state index contributed by atoms with van der Waals surface area (Å²) in [5.41, 5.74) is 0. The van der Waals surface area contributed by atoms with Gasteiger partial charge < -0.3 is 4.74 Å². The highest BCUT2D eigenvalue weighted by atomic mass is 79.9. The monoisotopic (exact) mass is 236 g/mol. The summed E-state index contributed by atoms with van der Waals surface area (Å²) in [7, 11) is 0. The predicted octanol–water partition coefficient (Wildman–Crippen LogP) is 3.00. The van der Waals surface area contributed by atoms with Gasteiger partial charge in [-0.3, -0.25) is 0 Å². The molecule has 0 spiro atoms. The van der Waals surface area contributed by atoms with Crippen molar-refractivity contribution in [2.24, 2.45) is 0 Å². The lowest BCUT2D eigenvalue weighted by Gasteiger charge is -2.10. The summed E-state index contributed by atoms with van der Waals surface area (Å²) in [5, 5.41) is 0. The molecular formula is C6H5BrOS2. The molecule has 4 heteroatoms. The van der Waals surface area contributed by atoms with Gasteiger partial charge in [0, 0.05) is 11.8 Å². The van der Waals surface area contributed by atoms with Gasteiger partial charge in [-0.15, -0.1) is 23.1 Å². The molecule has 0 aliphatic carbocycles. The van der Waals surface area contributed by atoms with Crippen LogP contribution in [-0.2, 0) is 0 Å². The van der Waals surface area contributed by atoms with E-state index in [9.17, 15) is 0 Å². The second-order valence-electron chi connectivity index (χ2n) is 1.90. The molecule has 10 heavy (non-hydrogen) atoms. The van der Waals surface area contributed by atoms with Crippen molar-refractivity contribution in [1.82, 2.24) is 0 Å². The molecular weight excluding hydrogens is 232 g/mol. The first-order valence-electron chi connectivity index (χ1n) is 2.91. The van der Waals surface area contributed by atoms with E-state index >= 15 is 0 Å². The Bertz CT molecular complexity index is 222. The van der Waals surface area contributed by atoms with Crippen molar-refractivity contribution in [3.8, 4) is 5.75 Å². The van der Waals surface area contributed by atoms with E-state index in [1.165, 1.54) is 4.21 Å². The second kappa shape index (κ2) is 2.75. The fraction of sp³-hybridized carbons (Fsp3) is 0.333. The average Bonchev–Trinajstić information content (AvgIpc) is 2.27. The largest absolute Gasteiger partial charge is 0.491 e. The summed E-state index contributed by atoms with van der Waals surface area (Å²) in [6.45, 7) is 0.848. The first kappa shape index (κ1) is 7.00. The Kier molecular flexibility index (Phi) is 1.93. The molecule has 0 aromatic carbocycles. The van der Waals surface area contributed by atoms with Gasteiger partial charge in [0.05, 0.1) is 10.4 Å². The molecule has 0 radical (unpaired) electrons. The molecule has 1 aromatic heterocycles. The average molecular weight is 237 g/mol. The van der Waals surface area contributed by atoms with Crippen LogP contribution in [0.4, 0.5) is 0 Å². The molecule has 0 saturated carbocycles. The van der Waals surface area contributed by atoms with E-state index in [0.29, 0.717) is 0 Å². The maximum Gasteiger partial charge on any atom is 0.144 e. The Morgan fingerprint density at radius 2 is 2.50 bits per heavy atom. The highest BCUT2D eigenvalue weighted by Crippen LogP contribution is 2.42. The van der Waals surface area contributed by atoms with Crippen LogP contribution in [0.1, 0.15) is 0 Å². The van der Waals surface area contributed by atoms with Crippen LogP contribution in [0.5, 0.6) is 5.75 Å². The van der Waals surface area contributed by atoms with Crippen LogP contribution in [-0.4, -0.2) is 12.4 Å². The lowest BCUT2D eigenvalue weighted by atomic mass is 10.6. The third-order valence-electron chi connectivity index (χ3n) is 1.21. The molecule has 2 rings (SSSR count). The van der Waals surface area contributed by atoms with Gasteiger partial charge in [0.1, 0.15) is 9.96 Å². The smallest absolute Gasteiger partial charge is 0.144 e. The van der Waals surface area contributed by atoms with Crippen molar-refractivity contribution >= 4 is 39.0 Å². The maximum atomic E-state index is 5.40. The normalized spacial score (nSPS) is 16.1. The van der Waals surface area contributed by atoms with Crippen LogP contribution >= 0.6 is 39.0 Å². The standard InChI is InChI=1S/C6H5BrOS2/c7-5-3-4-6(10-5)9-2-1-8-4/h3H,1-2H2. The molecule has 1 aromatic rings. The lowest BCUT2D eigenvalue weighted by Crippen LogP contribution is -2.03. The summed E-state index contributed by atoms with van der Waals surface area (Å²) in [4.78, 5) is 0. The number of rotatable bonds is 0. The summed E-state index contributed by atoms with van der Waals surface area (Å²) >= 11 is 7.04. The quantitative estimate of drug-likeness (QED) is 0.686. The molecule has 1 aliphatic heterocycles. The lowest BCUT2D eigenvalue weighted by molar-refractivity contribution is 0.333.